The summed E-state index contributed by atoms with van der Waals surface area (Å²) in [6.07, 6.45) is 2.93. The maximum absolute atomic E-state index is 6.39. The van der Waals surface area contributed by atoms with Crippen LogP contribution in [0.25, 0.3) is 0 Å². The van der Waals surface area contributed by atoms with Crippen LogP contribution in [-0.4, -0.2) is 20.4 Å². The van der Waals surface area contributed by atoms with Crippen LogP contribution in [-0.2, 0) is 19.9 Å². The van der Waals surface area contributed by atoms with E-state index in [-0.39, 0.29) is 5.41 Å². The highest BCUT2D eigenvalue weighted by molar-refractivity contribution is 9.09. The molecule has 0 amide bonds. The summed E-state index contributed by atoms with van der Waals surface area (Å²) in [6, 6.07) is 0. The molecule has 5 heteroatoms. The third kappa shape index (κ3) is 3.27. The van der Waals surface area contributed by atoms with Gasteiger partial charge in [-0.25, -0.2) is 0 Å². The first-order chi connectivity index (χ1) is 8.03. The van der Waals surface area contributed by atoms with Crippen molar-refractivity contribution in [1.29, 1.82) is 0 Å². The summed E-state index contributed by atoms with van der Waals surface area (Å²) in [6.45, 7) is 4.30. The van der Waals surface area contributed by atoms with E-state index < -0.39 is 0 Å². The highest BCUT2D eigenvalue weighted by Gasteiger charge is 2.29. The Morgan fingerprint density at radius 3 is 2.24 bits per heavy atom. The SMILES string of the molecule is CCc1nn(C)c(CC(CC)(CBr)CBr)c1Cl. The van der Waals surface area contributed by atoms with E-state index in [4.69, 9.17) is 11.6 Å². The summed E-state index contributed by atoms with van der Waals surface area (Å²) in [5.41, 5.74) is 2.35. The first-order valence-corrected chi connectivity index (χ1v) is 8.47. The molecule has 0 bridgehead atoms. The van der Waals surface area contributed by atoms with Gasteiger partial charge in [-0.3, -0.25) is 4.68 Å². The van der Waals surface area contributed by atoms with Crippen LogP contribution >= 0.6 is 43.5 Å². The van der Waals surface area contributed by atoms with Gasteiger partial charge in [-0.1, -0.05) is 57.3 Å². The quantitative estimate of drug-likeness (QED) is 0.664. The van der Waals surface area contributed by atoms with Gasteiger partial charge in [0.05, 0.1) is 16.4 Å². The number of halogens is 3. The number of hydrogen-bond donors (Lipinski definition) is 0. The topological polar surface area (TPSA) is 17.8 Å². The zero-order valence-electron chi connectivity index (χ0n) is 10.6. The molecule has 0 aliphatic carbocycles. The van der Waals surface area contributed by atoms with E-state index in [1.165, 1.54) is 0 Å². The van der Waals surface area contributed by atoms with Crippen LogP contribution in [0.1, 0.15) is 31.7 Å². The molecule has 0 aromatic carbocycles. The lowest BCUT2D eigenvalue weighted by molar-refractivity contribution is 0.363. The molecular weight excluding hydrogens is 367 g/mol. The smallest absolute Gasteiger partial charge is 0.0849 e. The first-order valence-electron chi connectivity index (χ1n) is 5.85. The molecule has 1 rings (SSSR count). The minimum Gasteiger partial charge on any atom is -0.271 e. The van der Waals surface area contributed by atoms with Crippen LogP contribution < -0.4 is 0 Å². The van der Waals surface area contributed by atoms with Gasteiger partial charge in [-0.05, 0) is 24.7 Å². The summed E-state index contributed by atoms with van der Waals surface area (Å²) in [5, 5.41) is 7.24. The number of aromatic nitrogens is 2. The van der Waals surface area contributed by atoms with Crippen LogP contribution in [0.5, 0.6) is 0 Å². The molecule has 0 N–H and O–H groups in total. The predicted molar refractivity (Wildman–Crippen MR) is 81.6 cm³/mol. The van der Waals surface area contributed by atoms with Crippen molar-refractivity contribution < 1.29 is 0 Å². The standard InChI is InChI=1S/C12H19Br2ClN2/c1-4-9-11(15)10(17(3)16-9)6-12(5-2,7-13)8-14/h4-8H2,1-3H3. The molecule has 0 aliphatic rings. The van der Waals surface area contributed by atoms with Crippen LogP contribution in [0.15, 0.2) is 0 Å². The molecule has 0 atom stereocenters. The number of rotatable bonds is 6. The Morgan fingerprint density at radius 1 is 1.29 bits per heavy atom. The Labute approximate surface area is 125 Å². The van der Waals surface area contributed by atoms with Gasteiger partial charge in [0.15, 0.2) is 0 Å². The maximum atomic E-state index is 6.39. The summed E-state index contributed by atoms with van der Waals surface area (Å²) in [7, 11) is 1.98. The van der Waals surface area contributed by atoms with Crippen molar-refractivity contribution >= 4 is 43.5 Å². The van der Waals surface area contributed by atoms with Crippen molar-refractivity contribution in [3.63, 3.8) is 0 Å². The van der Waals surface area contributed by atoms with Crippen molar-refractivity contribution in [2.75, 3.05) is 10.7 Å². The molecule has 0 aliphatic heterocycles. The molecule has 0 spiro atoms. The highest BCUT2D eigenvalue weighted by Crippen LogP contribution is 2.34. The molecule has 1 aromatic heterocycles. The minimum absolute atomic E-state index is 0.211. The van der Waals surface area contributed by atoms with E-state index in [0.29, 0.717) is 0 Å². The summed E-state index contributed by atoms with van der Waals surface area (Å²) >= 11 is 13.6. The van der Waals surface area contributed by atoms with Gasteiger partial charge < -0.3 is 0 Å². The van der Waals surface area contributed by atoms with E-state index in [0.717, 1.165) is 46.3 Å². The summed E-state index contributed by atoms with van der Waals surface area (Å²) < 4.78 is 1.93. The fourth-order valence-corrected chi connectivity index (χ4v) is 4.29. The van der Waals surface area contributed by atoms with Crippen molar-refractivity contribution in [2.24, 2.45) is 12.5 Å². The molecule has 0 fully saturated rings. The molecule has 17 heavy (non-hydrogen) atoms. The highest BCUT2D eigenvalue weighted by atomic mass is 79.9. The maximum Gasteiger partial charge on any atom is 0.0849 e. The van der Waals surface area contributed by atoms with Crippen molar-refractivity contribution in [3.05, 3.63) is 16.4 Å². The van der Waals surface area contributed by atoms with Crippen LogP contribution in [0.3, 0.4) is 0 Å². The molecular formula is C12H19Br2ClN2. The zero-order chi connectivity index (χ0) is 13.1. The Kier molecular flexibility index (Phi) is 6.00. The van der Waals surface area contributed by atoms with Crippen LogP contribution in [0, 0.1) is 5.41 Å². The Hall–Kier alpha value is 0.460. The fourth-order valence-electron chi connectivity index (χ4n) is 1.81. The molecule has 0 saturated heterocycles. The first kappa shape index (κ1) is 15.5. The monoisotopic (exact) mass is 384 g/mol. The van der Waals surface area contributed by atoms with Crippen molar-refractivity contribution in [2.45, 2.75) is 33.1 Å². The Morgan fingerprint density at radius 2 is 1.88 bits per heavy atom. The fraction of sp³-hybridized carbons (Fsp3) is 0.750. The number of nitrogens with zero attached hydrogens (tertiary/aromatic N) is 2. The minimum atomic E-state index is 0.211. The van der Waals surface area contributed by atoms with E-state index >= 15 is 0 Å². The summed E-state index contributed by atoms with van der Waals surface area (Å²) in [5.74, 6) is 0. The van der Waals surface area contributed by atoms with Crippen molar-refractivity contribution in [3.8, 4) is 0 Å². The third-order valence-electron chi connectivity index (χ3n) is 3.36. The molecule has 0 unspecified atom stereocenters. The van der Waals surface area contributed by atoms with Gasteiger partial charge in [0.1, 0.15) is 0 Å². The van der Waals surface area contributed by atoms with Gasteiger partial charge in [0.2, 0.25) is 0 Å². The zero-order valence-corrected chi connectivity index (χ0v) is 14.5. The summed E-state index contributed by atoms with van der Waals surface area (Å²) in [4.78, 5) is 0. The largest absolute Gasteiger partial charge is 0.271 e. The number of hydrogen-bond acceptors (Lipinski definition) is 1. The normalized spacial score (nSPS) is 12.1. The molecule has 0 radical (unpaired) electrons. The van der Waals surface area contributed by atoms with E-state index in [1.807, 2.05) is 11.7 Å². The lowest BCUT2D eigenvalue weighted by atomic mass is 9.85. The van der Waals surface area contributed by atoms with Crippen LogP contribution in [0.2, 0.25) is 5.02 Å². The second kappa shape index (κ2) is 6.58. The van der Waals surface area contributed by atoms with Gasteiger partial charge >= 0.3 is 0 Å². The second-order valence-corrected chi connectivity index (χ2v) is 5.98. The van der Waals surface area contributed by atoms with Gasteiger partial charge in [-0.2, -0.15) is 5.10 Å². The van der Waals surface area contributed by atoms with E-state index in [1.54, 1.807) is 0 Å². The molecule has 2 nitrogen and oxygen atoms in total. The predicted octanol–water partition coefficient (Wildman–Crippen LogP) is 4.36. The average molecular weight is 387 g/mol. The molecule has 98 valence electrons. The van der Waals surface area contributed by atoms with Gasteiger partial charge in [-0.15, -0.1) is 0 Å². The second-order valence-electron chi connectivity index (χ2n) is 4.48. The van der Waals surface area contributed by atoms with Crippen molar-refractivity contribution in [1.82, 2.24) is 9.78 Å². The number of aryl methyl sites for hydroxylation is 2. The van der Waals surface area contributed by atoms with Crippen LogP contribution in [0.4, 0.5) is 0 Å². The molecule has 0 saturated carbocycles. The lowest BCUT2D eigenvalue weighted by Crippen LogP contribution is -2.28. The van der Waals surface area contributed by atoms with E-state index in [2.05, 4.69) is 50.8 Å². The van der Waals surface area contributed by atoms with Gasteiger partial charge in [0.25, 0.3) is 0 Å². The van der Waals surface area contributed by atoms with Gasteiger partial charge in [0, 0.05) is 17.7 Å². The Balaban J connectivity index is 3.05. The number of alkyl halides is 2. The average Bonchev–Trinajstić information content (AvgIpc) is 2.62. The molecule has 1 aromatic rings. The van der Waals surface area contributed by atoms with E-state index in [9.17, 15) is 0 Å². The third-order valence-corrected chi connectivity index (χ3v) is 6.18. The molecule has 1 heterocycles. The Bertz CT molecular complexity index is 365. The lowest BCUT2D eigenvalue weighted by Gasteiger charge is -2.28.